The molecule has 2 atom stereocenters. The van der Waals surface area contributed by atoms with E-state index in [1.165, 1.54) is 37.2 Å². The molecule has 0 aromatic rings. The molecular formula is C11H21NOS. The molecule has 2 heterocycles. The predicted octanol–water partition coefficient (Wildman–Crippen LogP) is 1.88. The predicted molar refractivity (Wildman–Crippen MR) is 61.6 cm³/mol. The van der Waals surface area contributed by atoms with Crippen LogP contribution in [0.5, 0.6) is 0 Å². The van der Waals surface area contributed by atoms with Crippen LogP contribution in [0.1, 0.15) is 25.7 Å². The molecule has 82 valence electrons. The lowest BCUT2D eigenvalue weighted by Crippen LogP contribution is -2.33. The topological polar surface area (TPSA) is 35.2 Å². The van der Waals surface area contributed by atoms with Crippen LogP contribution in [0.3, 0.4) is 0 Å². The zero-order chi connectivity index (χ0) is 9.80. The molecule has 2 N–H and O–H groups in total. The van der Waals surface area contributed by atoms with Gasteiger partial charge in [0.15, 0.2) is 0 Å². The first-order chi connectivity index (χ1) is 6.86. The van der Waals surface area contributed by atoms with Crippen molar-refractivity contribution >= 4 is 11.8 Å². The van der Waals surface area contributed by atoms with E-state index in [-0.39, 0.29) is 0 Å². The van der Waals surface area contributed by atoms with Gasteiger partial charge < -0.3 is 10.5 Å². The molecule has 14 heavy (non-hydrogen) atoms. The summed E-state index contributed by atoms with van der Waals surface area (Å²) in [4.78, 5) is 0. The normalized spacial score (nSPS) is 31.9. The molecular weight excluding hydrogens is 194 g/mol. The van der Waals surface area contributed by atoms with Gasteiger partial charge in [-0.25, -0.2) is 0 Å². The summed E-state index contributed by atoms with van der Waals surface area (Å²) in [6, 6.07) is 0.452. The summed E-state index contributed by atoms with van der Waals surface area (Å²) >= 11 is 2.07. The molecule has 2 aliphatic heterocycles. The van der Waals surface area contributed by atoms with E-state index in [9.17, 15) is 0 Å². The van der Waals surface area contributed by atoms with Crippen LogP contribution < -0.4 is 5.73 Å². The fourth-order valence-corrected chi connectivity index (χ4v) is 3.80. The van der Waals surface area contributed by atoms with Crippen molar-refractivity contribution in [3.05, 3.63) is 0 Å². The van der Waals surface area contributed by atoms with Crippen LogP contribution in [0, 0.1) is 11.8 Å². The standard InChI is InChI=1S/C11H21NOS/c12-11(10-3-6-14-8-10)7-9-1-4-13-5-2-9/h9-11H,1-8,12H2. The van der Waals surface area contributed by atoms with Crippen molar-refractivity contribution in [2.45, 2.75) is 31.7 Å². The molecule has 0 spiro atoms. The molecule has 0 bridgehead atoms. The lowest BCUT2D eigenvalue weighted by molar-refractivity contribution is 0.0602. The van der Waals surface area contributed by atoms with Gasteiger partial charge in [0.1, 0.15) is 0 Å². The highest BCUT2D eigenvalue weighted by atomic mass is 32.2. The van der Waals surface area contributed by atoms with E-state index in [1.807, 2.05) is 0 Å². The molecule has 0 amide bonds. The van der Waals surface area contributed by atoms with Crippen molar-refractivity contribution in [3.63, 3.8) is 0 Å². The van der Waals surface area contributed by atoms with E-state index in [2.05, 4.69) is 11.8 Å². The third-order valence-electron chi connectivity index (χ3n) is 3.52. The van der Waals surface area contributed by atoms with Crippen molar-refractivity contribution in [3.8, 4) is 0 Å². The number of rotatable bonds is 3. The molecule has 3 heteroatoms. The summed E-state index contributed by atoms with van der Waals surface area (Å²) < 4.78 is 5.36. The van der Waals surface area contributed by atoms with E-state index in [0.717, 1.165) is 25.0 Å². The van der Waals surface area contributed by atoms with Gasteiger partial charge in [0.25, 0.3) is 0 Å². The lowest BCUT2D eigenvalue weighted by Gasteiger charge is -2.27. The van der Waals surface area contributed by atoms with E-state index >= 15 is 0 Å². The van der Waals surface area contributed by atoms with Gasteiger partial charge in [-0.15, -0.1) is 0 Å². The smallest absolute Gasteiger partial charge is 0.0468 e. The Hall–Kier alpha value is 0.270. The summed E-state index contributed by atoms with van der Waals surface area (Å²) in [6.45, 7) is 1.91. The van der Waals surface area contributed by atoms with Crippen LogP contribution in [0.15, 0.2) is 0 Å². The molecule has 2 nitrogen and oxygen atoms in total. The lowest BCUT2D eigenvalue weighted by atomic mass is 9.87. The van der Waals surface area contributed by atoms with E-state index in [1.54, 1.807) is 0 Å². The molecule has 0 radical (unpaired) electrons. The average Bonchev–Trinajstić information content (AvgIpc) is 2.72. The molecule has 0 aromatic carbocycles. The Morgan fingerprint density at radius 3 is 2.71 bits per heavy atom. The number of hydrogen-bond acceptors (Lipinski definition) is 3. The second-order valence-corrected chi connectivity index (χ2v) is 5.73. The average molecular weight is 215 g/mol. The maximum atomic E-state index is 6.26. The summed E-state index contributed by atoms with van der Waals surface area (Å²) in [5.74, 6) is 4.25. The Kier molecular flexibility index (Phi) is 4.14. The molecule has 2 saturated heterocycles. The maximum absolute atomic E-state index is 6.26. The van der Waals surface area contributed by atoms with E-state index < -0.39 is 0 Å². The second kappa shape index (κ2) is 5.38. The molecule has 2 fully saturated rings. The SMILES string of the molecule is NC(CC1CCOCC1)C1CCSC1. The summed E-state index contributed by atoms with van der Waals surface area (Å²) in [5, 5.41) is 0. The van der Waals surface area contributed by atoms with Crippen LogP contribution >= 0.6 is 11.8 Å². The highest BCUT2D eigenvalue weighted by Crippen LogP contribution is 2.29. The Bertz CT molecular complexity index is 165. The highest BCUT2D eigenvalue weighted by molar-refractivity contribution is 7.99. The first-order valence-electron chi connectivity index (χ1n) is 5.77. The highest BCUT2D eigenvalue weighted by Gasteiger charge is 2.25. The number of hydrogen-bond donors (Lipinski definition) is 1. The van der Waals surface area contributed by atoms with Gasteiger partial charge in [0.05, 0.1) is 0 Å². The Labute approximate surface area is 91.0 Å². The van der Waals surface area contributed by atoms with E-state index in [0.29, 0.717) is 6.04 Å². The summed E-state index contributed by atoms with van der Waals surface area (Å²) in [5.41, 5.74) is 6.26. The second-order valence-electron chi connectivity index (χ2n) is 4.58. The maximum Gasteiger partial charge on any atom is 0.0468 e. The van der Waals surface area contributed by atoms with Gasteiger partial charge in [0.2, 0.25) is 0 Å². The number of nitrogens with two attached hydrogens (primary N) is 1. The van der Waals surface area contributed by atoms with Gasteiger partial charge in [-0.3, -0.25) is 0 Å². The minimum atomic E-state index is 0.452. The van der Waals surface area contributed by atoms with Crippen LogP contribution in [0.25, 0.3) is 0 Å². The monoisotopic (exact) mass is 215 g/mol. The number of ether oxygens (including phenoxy) is 1. The van der Waals surface area contributed by atoms with Crippen LogP contribution in [-0.2, 0) is 4.74 Å². The van der Waals surface area contributed by atoms with Gasteiger partial charge >= 0.3 is 0 Å². The minimum Gasteiger partial charge on any atom is -0.381 e. The Morgan fingerprint density at radius 1 is 1.29 bits per heavy atom. The molecule has 0 aromatic heterocycles. The number of thioether (sulfide) groups is 1. The van der Waals surface area contributed by atoms with Crippen molar-refractivity contribution in [1.29, 1.82) is 0 Å². The third-order valence-corrected chi connectivity index (χ3v) is 4.71. The first kappa shape index (κ1) is 10.8. The molecule has 2 rings (SSSR count). The summed E-state index contributed by atoms with van der Waals surface area (Å²) in [7, 11) is 0. The van der Waals surface area contributed by atoms with Crippen molar-refractivity contribution in [2.24, 2.45) is 17.6 Å². The summed E-state index contributed by atoms with van der Waals surface area (Å²) in [6.07, 6.45) is 5.03. The third kappa shape index (κ3) is 2.88. The van der Waals surface area contributed by atoms with Gasteiger partial charge in [-0.1, -0.05) is 0 Å². The zero-order valence-electron chi connectivity index (χ0n) is 8.78. The zero-order valence-corrected chi connectivity index (χ0v) is 9.60. The molecule has 2 unspecified atom stereocenters. The molecule has 0 saturated carbocycles. The Morgan fingerprint density at radius 2 is 2.07 bits per heavy atom. The fourth-order valence-electron chi connectivity index (χ4n) is 2.45. The van der Waals surface area contributed by atoms with Crippen LogP contribution in [0.2, 0.25) is 0 Å². The van der Waals surface area contributed by atoms with Crippen molar-refractivity contribution in [1.82, 2.24) is 0 Å². The van der Waals surface area contributed by atoms with Gasteiger partial charge in [0, 0.05) is 19.3 Å². The fraction of sp³-hybridized carbons (Fsp3) is 1.00. The Balaban J connectivity index is 1.72. The van der Waals surface area contributed by atoms with Crippen molar-refractivity contribution in [2.75, 3.05) is 24.7 Å². The van der Waals surface area contributed by atoms with Crippen LogP contribution in [-0.4, -0.2) is 30.8 Å². The van der Waals surface area contributed by atoms with Gasteiger partial charge in [-0.2, -0.15) is 11.8 Å². The van der Waals surface area contributed by atoms with Crippen molar-refractivity contribution < 1.29 is 4.74 Å². The van der Waals surface area contributed by atoms with E-state index in [4.69, 9.17) is 10.5 Å². The van der Waals surface area contributed by atoms with Gasteiger partial charge in [-0.05, 0) is 49.0 Å². The minimum absolute atomic E-state index is 0.452. The molecule has 2 aliphatic rings. The first-order valence-corrected chi connectivity index (χ1v) is 6.93. The molecule has 0 aliphatic carbocycles. The largest absolute Gasteiger partial charge is 0.381 e. The van der Waals surface area contributed by atoms with Crippen LogP contribution in [0.4, 0.5) is 0 Å². The quantitative estimate of drug-likeness (QED) is 0.781.